The van der Waals surface area contributed by atoms with Crippen LogP contribution in [0.3, 0.4) is 0 Å². The van der Waals surface area contributed by atoms with Crippen molar-refractivity contribution < 1.29 is 4.52 Å². The molecule has 3 rings (SSSR count). The summed E-state index contributed by atoms with van der Waals surface area (Å²) in [6.07, 6.45) is 0. The number of rotatable bonds is 2. The Hall–Kier alpha value is -2.21. The molecule has 0 fully saturated rings. The Balaban J connectivity index is 2.04. The first-order chi connectivity index (χ1) is 9.65. The number of aromatic nitrogens is 3. The Kier molecular flexibility index (Phi) is 3.23. The molecule has 0 spiro atoms. The maximum absolute atomic E-state index is 6.00. The monoisotopic (exact) mass is 330 g/mol. The Bertz CT molecular complexity index is 769. The Labute approximate surface area is 124 Å². The number of nitrogens with two attached hydrogens (primary N) is 1. The molecule has 100 valence electrons. The molecule has 5 nitrogen and oxygen atoms in total. The number of hydrogen-bond acceptors (Lipinski definition) is 5. The van der Waals surface area contributed by atoms with Crippen LogP contribution in [0.5, 0.6) is 0 Å². The molecule has 0 aliphatic carbocycles. The van der Waals surface area contributed by atoms with Gasteiger partial charge in [0.15, 0.2) is 0 Å². The van der Waals surface area contributed by atoms with E-state index in [-0.39, 0.29) is 0 Å². The van der Waals surface area contributed by atoms with Crippen molar-refractivity contribution in [2.24, 2.45) is 0 Å². The number of halogens is 1. The average molecular weight is 331 g/mol. The highest BCUT2D eigenvalue weighted by atomic mass is 79.9. The molecule has 1 aromatic carbocycles. The molecule has 0 aliphatic heterocycles. The minimum atomic E-state index is 0.377. The van der Waals surface area contributed by atoms with Crippen LogP contribution in [0.4, 0.5) is 5.69 Å². The Morgan fingerprint density at radius 3 is 2.70 bits per heavy atom. The van der Waals surface area contributed by atoms with Gasteiger partial charge in [0.25, 0.3) is 5.89 Å². The van der Waals surface area contributed by atoms with Crippen LogP contribution in [0.15, 0.2) is 45.4 Å². The summed E-state index contributed by atoms with van der Waals surface area (Å²) in [6.45, 7) is 1.91. The fraction of sp³-hybridized carbons (Fsp3) is 0.0714. The number of pyridine rings is 1. The first-order valence-electron chi connectivity index (χ1n) is 5.97. The summed E-state index contributed by atoms with van der Waals surface area (Å²) in [5.74, 6) is 0.824. The SMILES string of the molecule is Cc1cccc(-c2noc(-c3cccc(Br)c3N)n2)n1. The largest absolute Gasteiger partial charge is 0.397 e. The molecule has 2 heterocycles. The second-order valence-corrected chi connectivity index (χ2v) is 5.14. The van der Waals surface area contributed by atoms with E-state index in [4.69, 9.17) is 10.3 Å². The zero-order valence-corrected chi connectivity index (χ0v) is 12.3. The standard InChI is InChI=1S/C14H11BrN4O/c1-8-4-2-7-11(17-8)13-18-14(20-19-13)9-5-3-6-10(15)12(9)16/h2-7H,16H2,1H3. The van der Waals surface area contributed by atoms with E-state index >= 15 is 0 Å². The van der Waals surface area contributed by atoms with E-state index in [1.807, 2.05) is 43.3 Å². The number of nitrogens with zero attached hydrogens (tertiary/aromatic N) is 3. The number of benzene rings is 1. The number of para-hydroxylation sites is 1. The summed E-state index contributed by atoms with van der Waals surface area (Å²) in [5, 5.41) is 3.96. The van der Waals surface area contributed by atoms with Gasteiger partial charge in [-0.2, -0.15) is 4.98 Å². The van der Waals surface area contributed by atoms with Crippen molar-refractivity contribution in [3.05, 3.63) is 46.6 Å². The van der Waals surface area contributed by atoms with E-state index < -0.39 is 0 Å². The fourth-order valence-electron chi connectivity index (χ4n) is 1.83. The van der Waals surface area contributed by atoms with Crippen molar-refractivity contribution in [1.29, 1.82) is 0 Å². The van der Waals surface area contributed by atoms with Gasteiger partial charge < -0.3 is 10.3 Å². The molecule has 2 N–H and O–H groups in total. The van der Waals surface area contributed by atoms with Crippen LogP contribution in [-0.2, 0) is 0 Å². The minimum absolute atomic E-state index is 0.377. The Morgan fingerprint density at radius 1 is 1.10 bits per heavy atom. The average Bonchev–Trinajstić information content (AvgIpc) is 2.91. The lowest BCUT2D eigenvalue weighted by atomic mass is 10.2. The number of hydrogen-bond donors (Lipinski definition) is 1. The van der Waals surface area contributed by atoms with Gasteiger partial charge in [-0.15, -0.1) is 0 Å². The molecular weight excluding hydrogens is 320 g/mol. The summed E-state index contributed by atoms with van der Waals surface area (Å²) < 4.78 is 6.07. The molecular formula is C14H11BrN4O. The number of nitrogen functional groups attached to an aromatic ring is 1. The second-order valence-electron chi connectivity index (χ2n) is 4.29. The Morgan fingerprint density at radius 2 is 1.90 bits per heavy atom. The van der Waals surface area contributed by atoms with Gasteiger partial charge in [0.1, 0.15) is 5.69 Å². The third-order valence-electron chi connectivity index (χ3n) is 2.83. The van der Waals surface area contributed by atoms with Crippen molar-refractivity contribution >= 4 is 21.6 Å². The quantitative estimate of drug-likeness (QED) is 0.728. The topological polar surface area (TPSA) is 77.8 Å². The van der Waals surface area contributed by atoms with Gasteiger partial charge in [-0.25, -0.2) is 4.98 Å². The molecule has 0 saturated carbocycles. The summed E-state index contributed by atoms with van der Waals surface area (Å²) in [4.78, 5) is 8.72. The van der Waals surface area contributed by atoms with E-state index in [9.17, 15) is 0 Å². The fourth-order valence-corrected chi connectivity index (χ4v) is 2.19. The second kappa shape index (κ2) is 5.05. The van der Waals surface area contributed by atoms with E-state index in [0.29, 0.717) is 28.7 Å². The van der Waals surface area contributed by atoms with Crippen LogP contribution < -0.4 is 5.73 Å². The highest BCUT2D eigenvalue weighted by Crippen LogP contribution is 2.31. The highest BCUT2D eigenvalue weighted by Gasteiger charge is 2.14. The van der Waals surface area contributed by atoms with E-state index in [1.165, 1.54) is 0 Å². The minimum Gasteiger partial charge on any atom is -0.397 e. The molecule has 20 heavy (non-hydrogen) atoms. The van der Waals surface area contributed by atoms with Crippen molar-refractivity contribution in [2.45, 2.75) is 6.92 Å². The first-order valence-corrected chi connectivity index (χ1v) is 6.76. The molecule has 0 unspecified atom stereocenters. The number of anilines is 1. The molecule has 0 amide bonds. The molecule has 0 aliphatic rings. The molecule has 0 saturated heterocycles. The molecule has 2 aromatic heterocycles. The first kappa shape index (κ1) is 12.8. The van der Waals surface area contributed by atoms with Crippen molar-refractivity contribution in [3.8, 4) is 23.0 Å². The third-order valence-corrected chi connectivity index (χ3v) is 3.52. The lowest BCUT2D eigenvalue weighted by Gasteiger charge is -2.01. The summed E-state index contributed by atoms with van der Waals surface area (Å²) in [5.41, 5.74) is 8.84. The van der Waals surface area contributed by atoms with Crippen LogP contribution >= 0.6 is 15.9 Å². The molecule has 0 atom stereocenters. The van der Waals surface area contributed by atoms with Gasteiger partial charge in [-0.3, -0.25) is 0 Å². The van der Waals surface area contributed by atoms with Crippen LogP contribution in [-0.4, -0.2) is 15.1 Å². The van der Waals surface area contributed by atoms with Crippen molar-refractivity contribution in [3.63, 3.8) is 0 Å². The van der Waals surface area contributed by atoms with Crippen LogP contribution in [0.2, 0.25) is 0 Å². The zero-order chi connectivity index (χ0) is 14.1. The van der Waals surface area contributed by atoms with Gasteiger partial charge in [0.05, 0.1) is 11.3 Å². The van der Waals surface area contributed by atoms with Gasteiger partial charge in [-0.05, 0) is 47.1 Å². The maximum Gasteiger partial charge on any atom is 0.260 e. The van der Waals surface area contributed by atoms with Crippen molar-refractivity contribution in [2.75, 3.05) is 5.73 Å². The molecule has 0 bridgehead atoms. The summed E-state index contributed by atoms with van der Waals surface area (Å²) in [6, 6.07) is 11.2. The summed E-state index contributed by atoms with van der Waals surface area (Å²) >= 11 is 3.38. The molecule has 0 radical (unpaired) electrons. The van der Waals surface area contributed by atoms with E-state index in [0.717, 1.165) is 10.2 Å². The smallest absolute Gasteiger partial charge is 0.260 e. The van der Waals surface area contributed by atoms with Crippen LogP contribution in [0.25, 0.3) is 23.0 Å². The van der Waals surface area contributed by atoms with Crippen molar-refractivity contribution in [1.82, 2.24) is 15.1 Å². The van der Waals surface area contributed by atoms with Gasteiger partial charge in [-0.1, -0.05) is 17.3 Å². The normalized spacial score (nSPS) is 10.7. The predicted octanol–water partition coefficient (Wildman–Crippen LogP) is 3.45. The highest BCUT2D eigenvalue weighted by molar-refractivity contribution is 9.10. The molecule has 3 aromatic rings. The van der Waals surface area contributed by atoms with E-state index in [1.54, 1.807) is 0 Å². The summed E-state index contributed by atoms with van der Waals surface area (Å²) in [7, 11) is 0. The van der Waals surface area contributed by atoms with Gasteiger partial charge in [0.2, 0.25) is 5.82 Å². The third kappa shape index (κ3) is 2.30. The zero-order valence-electron chi connectivity index (χ0n) is 10.7. The number of aryl methyl sites for hydroxylation is 1. The van der Waals surface area contributed by atoms with Gasteiger partial charge in [0, 0.05) is 10.2 Å². The molecule has 6 heteroatoms. The maximum atomic E-state index is 6.00. The van der Waals surface area contributed by atoms with Crippen LogP contribution in [0.1, 0.15) is 5.69 Å². The van der Waals surface area contributed by atoms with Crippen LogP contribution in [0, 0.1) is 6.92 Å². The lowest BCUT2D eigenvalue weighted by molar-refractivity contribution is 0.432. The van der Waals surface area contributed by atoms with E-state index in [2.05, 4.69) is 31.1 Å². The predicted molar refractivity (Wildman–Crippen MR) is 79.8 cm³/mol. The van der Waals surface area contributed by atoms with Gasteiger partial charge >= 0.3 is 0 Å². The lowest BCUT2D eigenvalue weighted by Crippen LogP contribution is -1.92.